The summed E-state index contributed by atoms with van der Waals surface area (Å²) >= 11 is 0. The van der Waals surface area contributed by atoms with Crippen LogP contribution in [0.15, 0.2) is 0 Å². The number of halogens is 1. The van der Waals surface area contributed by atoms with Gasteiger partial charge >= 0.3 is 11.3 Å². The molecule has 0 aromatic carbocycles. The maximum absolute atomic E-state index is 7.50. The number of aliphatic hydroxyl groups is 1. The Morgan fingerprint density at radius 3 is 1.00 bits per heavy atom. The van der Waals surface area contributed by atoms with Crippen molar-refractivity contribution in [3.8, 4) is 0 Å². The van der Waals surface area contributed by atoms with E-state index in [9.17, 15) is 0 Å². The molecule has 0 radical (unpaired) electrons. The van der Waals surface area contributed by atoms with Crippen LogP contribution in [0.4, 0.5) is 0 Å². The van der Waals surface area contributed by atoms with Crippen LogP contribution in [-0.2, 0) is 4.65 Å². The molecule has 0 aromatic heterocycles. The maximum atomic E-state index is 7.50. The van der Waals surface area contributed by atoms with Crippen LogP contribution in [-0.4, -0.2) is 12.2 Å². The molecule has 0 aromatic rings. The summed E-state index contributed by atoms with van der Waals surface area (Å²) in [5.74, 6) is 0. The molecule has 1 N–H and O–H groups in total. The zero-order chi connectivity index (χ0) is 4.00. The molecular weight excluding hydrogens is 219 g/mol. The molecule has 2 nitrogen and oxygen atoms in total. The van der Waals surface area contributed by atoms with Gasteiger partial charge in [0.05, 0.1) is 0 Å². The molecule has 0 fully saturated rings. The van der Waals surface area contributed by atoms with Crippen LogP contribution in [0, 0.1) is 6.65 Å². The normalized spacial score (nSPS) is 1.00. The molecule has 0 spiro atoms. The van der Waals surface area contributed by atoms with Gasteiger partial charge < -0.3 is 5.11 Å². The predicted octanol–water partition coefficient (Wildman–Crippen LogP) is 2.10. The Hall–Kier alpha value is 0.430. The summed E-state index contributed by atoms with van der Waals surface area (Å²) in [6.07, 6.45) is 0. The fourth-order valence-electron chi connectivity index (χ4n) is 0. The van der Waals surface area contributed by atoms with Crippen LogP contribution >= 0.6 is 24.0 Å². The predicted molar refractivity (Wildman–Crippen MR) is 47.7 cm³/mol. The molecule has 0 bridgehead atoms. The van der Waals surface area contributed by atoms with Crippen molar-refractivity contribution in [1.82, 2.24) is 0 Å². The van der Waals surface area contributed by atoms with Gasteiger partial charge in [0, 0.05) is 7.11 Å². The molecule has 0 amide bonds. The second kappa shape index (κ2) is 1660. The first kappa shape index (κ1) is 78.8. The third-order valence-corrected chi connectivity index (χ3v) is 0. The minimum absolute atomic E-state index is 0. The Bertz CT molecular complexity index is 15.1. The Morgan fingerprint density at radius 1 is 1.00 bits per heavy atom. The summed E-state index contributed by atoms with van der Waals surface area (Å²) in [6, 6.07) is 0. The summed E-state index contributed by atoms with van der Waals surface area (Å²) in [5.41, 5.74) is 0. The zero-order valence-electron chi connectivity index (χ0n) is 2.76. The molecule has 0 saturated heterocycles. The van der Waals surface area contributed by atoms with E-state index in [4.69, 9.17) is 9.76 Å². The van der Waals surface area contributed by atoms with Crippen molar-refractivity contribution in [2.75, 3.05) is 7.11 Å². The molecule has 3 heteroatoms. The van der Waals surface area contributed by atoms with Gasteiger partial charge in [-0.1, -0.05) is 22.3 Å². The molecule has 0 saturated carbocycles. The SMILES string of the molecule is C.C.C.CO.I.[C-]#[O+]. The monoisotopic (exact) mass is 236 g/mol. The summed E-state index contributed by atoms with van der Waals surface area (Å²) < 4.78 is 7.50. The van der Waals surface area contributed by atoms with Crippen molar-refractivity contribution in [1.29, 1.82) is 0 Å². The van der Waals surface area contributed by atoms with Gasteiger partial charge in [0.2, 0.25) is 0 Å². The van der Waals surface area contributed by atoms with Crippen molar-refractivity contribution < 1.29 is 9.76 Å². The van der Waals surface area contributed by atoms with Crippen LogP contribution in [0.3, 0.4) is 0 Å². The van der Waals surface area contributed by atoms with Crippen molar-refractivity contribution >= 4 is 24.0 Å². The van der Waals surface area contributed by atoms with Gasteiger partial charge in [-0.3, -0.25) is 0 Å². The number of hydrogen-bond acceptors (Lipinski definition) is 1. The van der Waals surface area contributed by atoms with Crippen LogP contribution in [0.2, 0.25) is 0 Å². The van der Waals surface area contributed by atoms with Gasteiger partial charge in [-0.05, 0) is 0 Å². The molecule has 0 aliphatic heterocycles. The van der Waals surface area contributed by atoms with Crippen molar-refractivity contribution in [3.05, 3.63) is 6.65 Å². The van der Waals surface area contributed by atoms with Gasteiger partial charge in [-0.2, -0.15) is 0 Å². The molecule has 0 atom stereocenters. The van der Waals surface area contributed by atoms with Crippen molar-refractivity contribution in [2.45, 2.75) is 22.3 Å². The Labute approximate surface area is 70.0 Å². The van der Waals surface area contributed by atoms with E-state index < -0.39 is 0 Å². The fraction of sp³-hybridized carbons (Fsp3) is 0.800. The average Bonchev–Trinajstić information content (AvgIpc) is 1.50. The van der Waals surface area contributed by atoms with Crippen LogP contribution in [0.1, 0.15) is 22.3 Å². The van der Waals surface area contributed by atoms with E-state index in [2.05, 4.69) is 6.65 Å². The Kier molecular flexibility index (Phi) is 16400. The first-order chi connectivity index (χ1) is 2.00. The number of aliphatic hydroxyl groups excluding tert-OH is 1. The van der Waals surface area contributed by atoms with Crippen LogP contribution in [0.25, 0.3) is 0 Å². The average molecular weight is 236 g/mol. The van der Waals surface area contributed by atoms with E-state index in [1.807, 2.05) is 0 Å². The number of hydrogen-bond donors (Lipinski definition) is 1. The third kappa shape index (κ3) is 1030. The topological polar surface area (TPSA) is 40.1 Å². The molecule has 0 unspecified atom stereocenters. The molecular formula is C5H17IO2. The Morgan fingerprint density at radius 2 is 1.00 bits per heavy atom. The molecule has 56 valence electrons. The van der Waals surface area contributed by atoms with Gasteiger partial charge in [0.25, 0.3) is 0 Å². The molecule has 8 heavy (non-hydrogen) atoms. The van der Waals surface area contributed by atoms with Crippen molar-refractivity contribution in [3.63, 3.8) is 0 Å². The van der Waals surface area contributed by atoms with E-state index in [0.717, 1.165) is 7.11 Å². The van der Waals surface area contributed by atoms with Crippen LogP contribution in [0.5, 0.6) is 0 Å². The van der Waals surface area contributed by atoms with Gasteiger partial charge in [0.1, 0.15) is 0 Å². The fourth-order valence-corrected chi connectivity index (χ4v) is 0. The third-order valence-electron chi connectivity index (χ3n) is 0. The second-order valence-electron chi connectivity index (χ2n) is 0. The molecule has 0 rings (SSSR count). The number of rotatable bonds is 0. The van der Waals surface area contributed by atoms with E-state index in [1.165, 1.54) is 0 Å². The molecule has 0 aliphatic carbocycles. The van der Waals surface area contributed by atoms with Gasteiger partial charge in [0.15, 0.2) is 0 Å². The first-order valence-corrected chi connectivity index (χ1v) is 0.651. The van der Waals surface area contributed by atoms with E-state index in [0.29, 0.717) is 0 Å². The zero-order valence-corrected chi connectivity index (χ0v) is 5.09. The van der Waals surface area contributed by atoms with Gasteiger partial charge in [-0.25, -0.2) is 0 Å². The first-order valence-electron chi connectivity index (χ1n) is 0.651. The summed E-state index contributed by atoms with van der Waals surface area (Å²) in [6.45, 7) is 4.50. The Balaban J connectivity index is -0.00000000167. The second-order valence-corrected chi connectivity index (χ2v) is 0. The quantitative estimate of drug-likeness (QED) is 0.390. The summed E-state index contributed by atoms with van der Waals surface area (Å²) in [4.78, 5) is 0. The summed E-state index contributed by atoms with van der Waals surface area (Å²) in [5, 5.41) is 7.00. The van der Waals surface area contributed by atoms with E-state index in [1.54, 1.807) is 0 Å². The molecule has 0 aliphatic rings. The van der Waals surface area contributed by atoms with Gasteiger partial charge in [-0.15, -0.1) is 24.0 Å². The standard InChI is InChI=1S/CH4O.CO.3CH4.HI/c2*1-2;;;;/h2H,1H3;;3*1H4;1H. The van der Waals surface area contributed by atoms with E-state index in [-0.39, 0.29) is 46.3 Å². The van der Waals surface area contributed by atoms with E-state index >= 15 is 0 Å². The summed E-state index contributed by atoms with van der Waals surface area (Å²) in [7, 11) is 1.00. The minimum atomic E-state index is 0. The molecule has 0 heterocycles. The van der Waals surface area contributed by atoms with Crippen molar-refractivity contribution in [2.24, 2.45) is 0 Å². The van der Waals surface area contributed by atoms with Crippen LogP contribution < -0.4 is 0 Å².